The first kappa shape index (κ1) is 15.9. The van der Waals surface area contributed by atoms with Crippen molar-refractivity contribution in [2.24, 2.45) is 0 Å². The second kappa shape index (κ2) is 6.02. The summed E-state index contributed by atoms with van der Waals surface area (Å²) in [5.41, 5.74) is 0. The predicted molar refractivity (Wildman–Crippen MR) is 43.8 cm³/mol. The van der Waals surface area contributed by atoms with Crippen LogP contribution < -0.4 is 51.4 Å². The summed E-state index contributed by atoms with van der Waals surface area (Å²) < 4.78 is 46.6. The fourth-order valence-corrected chi connectivity index (χ4v) is 1.27. The van der Waals surface area contributed by atoms with Gasteiger partial charge in [-0.3, -0.25) is 4.79 Å². The van der Waals surface area contributed by atoms with Crippen molar-refractivity contribution in [2.75, 3.05) is 19.8 Å². The number of carbonyl (C=O) groups is 1. The second-order valence-electron chi connectivity index (χ2n) is 3.41. The molecule has 1 saturated heterocycles. The zero-order valence-corrected chi connectivity index (χ0v) is 11.9. The average molecular weight is 250 g/mol. The number of hydrogen-bond acceptors (Lipinski definition) is 3. The van der Waals surface area contributed by atoms with Crippen LogP contribution in [0.4, 0.5) is 12.9 Å². The smallest absolute Gasteiger partial charge is 0.466 e. The Kier molecular flexibility index (Phi) is 6.39. The summed E-state index contributed by atoms with van der Waals surface area (Å²) in [4.78, 5) is 10.9. The summed E-state index contributed by atoms with van der Waals surface area (Å²) in [6, 6.07) is 0. The van der Waals surface area contributed by atoms with Crippen molar-refractivity contribution in [3.8, 4) is 0 Å². The van der Waals surface area contributed by atoms with Gasteiger partial charge in [0.25, 0.3) is 0 Å². The minimum absolute atomic E-state index is 0. The standard InChI is InChI=1S/C7H11BF3O3.K/c1-2-14-6(12)3-7(4-13-5-7)8(9,10)11;/h2-5H2,1H3;/q-1;+1. The molecule has 0 unspecified atom stereocenters. The molecular weight excluding hydrogens is 239 g/mol. The van der Waals surface area contributed by atoms with Crippen molar-refractivity contribution >= 4 is 12.9 Å². The summed E-state index contributed by atoms with van der Waals surface area (Å²) in [6.45, 7) is -4.24. The van der Waals surface area contributed by atoms with E-state index in [1.54, 1.807) is 6.92 Å². The fourth-order valence-electron chi connectivity index (χ4n) is 1.27. The molecule has 0 N–H and O–H groups in total. The van der Waals surface area contributed by atoms with Gasteiger partial charge in [0.05, 0.1) is 6.61 Å². The SMILES string of the molecule is CCOC(=O)CC1([B-](F)(F)F)COC1.[K+]. The van der Waals surface area contributed by atoms with Crippen LogP contribution in [0.25, 0.3) is 0 Å². The molecule has 8 heteroatoms. The number of halogens is 3. The van der Waals surface area contributed by atoms with Crippen LogP contribution in [-0.2, 0) is 14.3 Å². The maximum atomic E-state index is 12.5. The van der Waals surface area contributed by atoms with Crippen LogP contribution in [0.2, 0.25) is 5.31 Å². The molecule has 0 atom stereocenters. The maximum absolute atomic E-state index is 12.5. The van der Waals surface area contributed by atoms with Crippen LogP contribution in [0.15, 0.2) is 0 Å². The van der Waals surface area contributed by atoms with Crippen molar-refractivity contribution in [1.29, 1.82) is 0 Å². The van der Waals surface area contributed by atoms with E-state index in [0.29, 0.717) is 0 Å². The van der Waals surface area contributed by atoms with E-state index in [1.807, 2.05) is 0 Å². The average Bonchev–Trinajstić information content (AvgIpc) is 1.94. The number of esters is 1. The van der Waals surface area contributed by atoms with Crippen molar-refractivity contribution in [3.63, 3.8) is 0 Å². The van der Waals surface area contributed by atoms with Gasteiger partial charge < -0.3 is 22.4 Å². The Morgan fingerprint density at radius 3 is 2.27 bits per heavy atom. The van der Waals surface area contributed by atoms with Gasteiger partial charge in [-0.05, 0) is 12.2 Å². The third-order valence-electron chi connectivity index (χ3n) is 2.28. The molecule has 0 saturated carbocycles. The number of carbonyl (C=O) groups excluding carboxylic acids is 1. The first-order chi connectivity index (χ1) is 6.41. The van der Waals surface area contributed by atoms with Gasteiger partial charge in [0.15, 0.2) is 0 Å². The molecule has 0 aliphatic carbocycles. The van der Waals surface area contributed by atoms with Crippen molar-refractivity contribution in [1.82, 2.24) is 0 Å². The van der Waals surface area contributed by atoms with Gasteiger partial charge in [-0.25, -0.2) is 0 Å². The zero-order chi connectivity index (χ0) is 10.8. The number of hydrogen-bond donors (Lipinski definition) is 0. The van der Waals surface area contributed by atoms with Crippen LogP contribution >= 0.6 is 0 Å². The summed E-state index contributed by atoms with van der Waals surface area (Å²) in [6.07, 6.45) is -0.621. The Labute approximate surface area is 129 Å². The van der Waals surface area contributed by atoms with E-state index in [4.69, 9.17) is 0 Å². The Morgan fingerprint density at radius 1 is 1.47 bits per heavy atom. The Morgan fingerprint density at radius 2 is 2.00 bits per heavy atom. The maximum Gasteiger partial charge on any atom is 1.00 e. The molecule has 0 aromatic heterocycles. The molecule has 1 aliphatic heterocycles. The molecule has 3 nitrogen and oxygen atoms in total. The summed E-state index contributed by atoms with van der Waals surface area (Å²) in [7, 11) is 0. The van der Waals surface area contributed by atoms with Crippen LogP contribution in [0.5, 0.6) is 0 Å². The van der Waals surface area contributed by atoms with E-state index >= 15 is 0 Å². The Balaban J connectivity index is 0.00000196. The number of rotatable bonds is 4. The van der Waals surface area contributed by atoms with E-state index in [9.17, 15) is 17.7 Å². The minimum Gasteiger partial charge on any atom is -0.466 e. The van der Waals surface area contributed by atoms with Crippen LogP contribution in [-0.4, -0.2) is 32.8 Å². The zero-order valence-electron chi connectivity index (χ0n) is 8.76. The van der Waals surface area contributed by atoms with E-state index in [2.05, 4.69) is 9.47 Å². The molecule has 1 aliphatic rings. The van der Waals surface area contributed by atoms with E-state index in [0.717, 1.165) is 0 Å². The molecule has 1 heterocycles. The minimum atomic E-state index is -5.05. The summed E-state index contributed by atoms with van der Waals surface area (Å²) in [5.74, 6) is -0.810. The third-order valence-corrected chi connectivity index (χ3v) is 2.28. The number of ether oxygens (including phenoxy) is 2. The van der Waals surface area contributed by atoms with Crippen molar-refractivity contribution < 1.29 is 78.6 Å². The van der Waals surface area contributed by atoms with Crippen LogP contribution in [0.1, 0.15) is 13.3 Å². The molecule has 0 spiro atoms. The molecule has 0 aromatic rings. The molecule has 82 valence electrons. The van der Waals surface area contributed by atoms with E-state index in [-0.39, 0.29) is 58.0 Å². The molecule has 15 heavy (non-hydrogen) atoms. The third kappa shape index (κ3) is 3.71. The van der Waals surface area contributed by atoms with Crippen molar-refractivity contribution in [2.45, 2.75) is 18.7 Å². The quantitative estimate of drug-likeness (QED) is 0.453. The van der Waals surface area contributed by atoms with Gasteiger partial charge in [0.2, 0.25) is 0 Å². The summed E-state index contributed by atoms with van der Waals surface area (Å²) in [5, 5.41) is -1.95. The largest absolute Gasteiger partial charge is 1.00 e. The van der Waals surface area contributed by atoms with Gasteiger partial charge >= 0.3 is 64.3 Å². The van der Waals surface area contributed by atoms with Gasteiger partial charge in [-0.1, -0.05) is 0 Å². The van der Waals surface area contributed by atoms with Gasteiger partial charge in [-0.2, -0.15) is 0 Å². The molecule has 0 amide bonds. The topological polar surface area (TPSA) is 35.5 Å². The van der Waals surface area contributed by atoms with E-state index < -0.39 is 37.9 Å². The first-order valence-corrected chi connectivity index (χ1v) is 4.34. The first-order valence-electron chi connectivity index (χ1n) is 4.34. The van der Waals surface area contributed by atoms with Gasteiger partial charge in [0, 0.05) is 19.6 Å². The second-order valence-corrected chi connectivity index (χ2v) is 3.41. The van der Waals surface area contributed by atoms with Crippen LogP contribution in [0, 0.1) is 0 Å². The fraction of sp³-hybridized carbons (Fsp3) is 0.857. The van der Waals surface area contributed by atoms with Gasteiger partial charge in [-0.15, -0.1) is 0 Å². The Bertz CT molecular complexity index is 230. The summed E-state index contributed by atoms with van der Waals surface area (Å²) >= 11 is 0. The molecule has 0 radical (unpaired) electrons. The molecule has 0 aromatic carbocycles. The predicted octanol–water partition coefficient (Wildman–Crippen LogP) is -1.44. The molecular formula is C7H11BF3KO3. The molecule has 1 fully saturated rings. The van der Waals surface area contributed by atoms with Crippen LogP contribution in [0.3, 0.4) is 0 Å². The monoisotopic (exact) mass is 250 g/mol. The molecule has 0 bridgehead atoms. The molecule has 1 rings (SSSR count). The van der Waals surface area contributed by atoms with Crippen molar-refractivity contribution in [3.05, 3.63) is 0 Å². The van der Waals surface area contributed by atoms with Gasteiger partial charge in [0.1, 0.15) is 0 Å². The normalized spacial score (nSPS) is 18.7. The van der Waals surface area contributed by atoms with E-state index in [1.165, 1.54) is 0 Å². The Hall–Kier alpha value is 0.921.